The van der Waals surface area contributed by atoms with E-state index in [1.165, 1.54) is 24.1 Å². The van der Waals surface area contributed by atoms with Crippen molar-refractivity contribution in [2.75, 3.05) is 19.0 Å². The number of carbonyl (C=O) groups excluding carboxylic acids is 2. The lowest BCUT2D eigenvalue weighted by Gasteiger charge is -2.22. The average molecular weight is 471 g/mol. The summed E-state index contributed by atoms with van der Waals surface area (Å²) >= 11 is 6.19. The first kappa shape index (κ1) is 24.5. The van der Waals surface area contributed by atoms with Crippen LogP contribution in [0.2, 0.25) is 5.02 Å². The molecule has 8 heteroatoms. The molecule has 0 saturated carbocycles. The van der Waals surface area contributed by atoms with Gasteiger partial charge < -0.3 is 5.32 Å². The Bertz CT molecular complexity index is 1200. The third-order valence-corrected chi connectivity index (χ3v) is 5.76. The van der Waals surface area contributed by atoms with Gasteiger partial charge in [-0.2, -0.15) is 5.10 Å². The van der Waals surface area contributed by atoms with E-state index in [0.717, 1.165) is 11.4 Å². The molecule has 1 N–H and O–H groups in total. The number of aromatic nitrogens is 2. The maximum absolute atomic E-state index is 14.5. The molecule has 0 aliphatic heterocycles. The molecule has 0 spiro atoms. The van der Waals surface area contributed by atoms with Crippen molar-refractivity contribution < 1.29 is 14.0 Å². The summed E-state index contributed by atoms with van der Waals surface area (Å²) in [6.45, 7) is 7.84. The summed E-state index contributed by atoms with van der Waals surface area (Å²) in [7, 11) is 3.10. The Kier molecular flexibility index (Phi) is 6.93. The number of hydrogen-bond donors (Lipinski definition) is 1. The van der Waals surface area contributed by atoms with Gasteiger partial charge in [-0.1, -0.05) is 44.5 Å². The highest BCUT2D eigenvalue weighted by atomic mass is 35.5. The number of halogens is 2. The molecule has 1 unspecified atom stereocenters. The summed E-state index contributed by atoms with van der Waals surface area (Å²) in [6.07, 6.45) is 0. The van der Waals surface area contributed by atoms with Crippen molar-refractivity contribution in [1.29, 1.82) is 0 Å². The maximum atomic E-state index is 14.5. The van der Waals surface area contributed by atoms with Gasteiger partial charge in [0.25, 0.3) is 5.91 Å². The van der Waals surface area contributed by atoms with Crippen LogP contribution in [0.25, 0.3) is 5.69 Å². The van der Waals surface area contributed by atoms with Crippen LogP contribution in [0.4, 0.5) is 10.2 Å². The molecule has 0 radical (unpaired) electrons. The monoisotopic (exact) mass is 470 g/mol. The summed E-state index contributed by atoms with van der Waals surface area (Å²) in [5, 5.41) is 7.70. The van der Waals surface area contributed by atoms with Crippen LogP contribution in [-0.4, -0.2) is 35.7 Å². The average Bonchev–Trinajstić information content (AvgIpc) is 3.23. The normalized spacial score (nSPS) is 12.4. The predicted octanol–water partition coefficient (Wildman–Crippen LogP) is 5.09. The number of carbonyl (C=O) groups is 2. The fourth-order valence-corrected chi connectivity index (χ4v) is 3.62. The summed E-state index contributed by atoms with van der Waals surface area (Å²) in [5.41, 5.74) is 1.70. The van der Waals surface area contributed by atoms with Crippen LogP contribution in [-0.2, 0) is 10.2 Å². The van der Waals surface area contributed by atoms with E-state index >= 15 is 0 Å². The maximum Gasteiger partial charge on any atom is 0.253 e. The second-order valence-corrected chi connectivity index (χ2v) is 9.40. The number of benzene rings is 2. The van der Waals surface area contributed by atoms with Gasteiger partial charge in [0.1, 0.15) is 11.6 Å². The van der Waals surface area contributed by atoms with E-state index in [4.69, 9.17) is 16.7 Å². The molecule has 6 nitrogen and oxygen atoms in total. The number of hydrogen-bond acceptors (Lipinski definition) is 3. The lowest BCUT2D eigenvalue weighted by atomic mass is 9.92. The molecule has 33 heavy (non-hydrogen) atoms. The van der Waals surface area contributed by atoms with Gasteiger partial charge in [0.15, 0.2) is 0 Å². The SMILES string of the molecule is CNC(=O)c1ccc(C(C)C(=O)N(C)c2cc(C(C)(C)C)nn2-c2cccc(Cl)c2)cc1F. The third kappa shape index (κ3) is 5.09. The van der Waals surface area contributed by atoms with Crippen molar-refractivity contribution in [3.8, 4) is 5.69 Å². The van der Waals surface area contributed by atoms with Gasteiger partial charge in [-0.15, -0.1) is 0 Å². The van der Waals surface area contributed by atoms with Crippen LogP contribution in [0.5, 0.6) is 0 Å². The summed E-state index contributed by atoms with van der Waals surface area (Å²) in [5.74, 6) is -1.51. The summed E-state index contributed by atoms with van der Waals surface area (Å²) < 4.78 is 16.2. The summed E-state index contributed by atoms with van der Waals surface area (Å²) in [4.78, 5) is 26.7. The first-order valence-electron chi connectivity index (χ1n) is 10.6. The van der Waals surface area contributed by atoms with Crippen molar-refractivity contribution in [3.63, 3.8) is 0 Å². The fourth-order valence-electron chi connectivity index (χ4n) is 3.44. The summed E-state index contributed by atoms with van der Waals surface area (Å²) in [6, 6.07) is 13.3. The molecule has 0 saturated heterocycles. The lowest BCUT2D eigenvalue weighted by Crippen LogP contribution is -2.32. The molecule has 1 aromatic heterocycles. The molecule has 2 amide bonds. The number of likely N-dealkylation sites (N-methyl/N-ethyl adjacent to an activating group) is 1. The minimum Gasteiger partial charge on any atom is -0.355 e. The molecule has 0 bridgehead atoms. The minimum atomic E-state index is -0.673. The van der Waals surface area contributed by atoms with Crippen molar-refractivity contribution in [2.45, 2.75) is 39.0 Å². The van der Waals surface area contributed by atoms with Crippen molar-refractivity contribution in [2.24, 2.45) is 0 Å². The number of nitrogens with zero attached hydrogens (tertiary/aromatic N) is 3. The first-order chi connectivity index (χ1) is 15.4. The molecule has 1 heterocycles. The number of anilines is 1. The van der Waals surface area contributed by atoms with E-state index in [2.05, 4.69) is 5.32 Å². The molecule has 0 fully saturated rings. The first-order valence-corrected chi connectivity index (χ1v) is 11.0. The van der Waals surface area contributed by atoms with E-state index in [0.29, 0.717) is 16.4 Å². The smallest absolute Gasteiger partial charge is 0.253 e. The van der Waals surface area contributed by atoms with Crippen LogP contribution in [0.1, 0.15) is 55.2 Å². The molecular weight excluding hydrogens is 443 g/mol. The number of nitrogens with one attached hydrogen (secondary N) is 1. The van der Waals surface area contributed by atoms with Crippen LogP contribution in [0.15, 0.2) is 48.5 Å². The van der Waals surface area contributed by atoms with Gasteiger partial charge in [-0.05, 0) is 42.8 Å². The molecule has 0 aliphatic rings. The number of amides is 2. The second kappa shape index (κ2) is 9.35. The molecular formula is C25H28ClFN4O2. The highest BCUT2D eigenvalue weighted by Crippen LogP contribution is 2.30. The van der Waals surface area contributed by atoms with Gasteiger partial charge in [0, 0.05) is 30.6 Å². The van der Waals surface area contributed by atoms with Gasteiger partial charge >= 0.3 is 0 Å². The van der Waals surface area contributed by atoms with Crippen LogP contribution in [0.3, 0.4) is 0 Å². The van der Waals surface area contributed by atoms with Crippen molar-refractivity contribution in [3.05, 3.63) is 76.2 Å². The van der Waals surface area contributed by atoms with E-state index in [1.54, 1.807) is 36.9 Å². The van der Waals surface area contributed by atoms with Crippen LogP contribution < -0.4 is 10.2 Å². The largest absolute Gasteiger partial charge is 0.355 e. The number of rotatable bonds is 5. The second-order valence-electron chi connectivity index (χ2n) is 8.97. The van der Waals surface area contributed by atoms with E-state index in [-0.39, 0.29) is 16.9 Å². The van der Waals surface area contributed by atoms with Crippen LogP contribution in [0, 0.1) is 5.82 Å². The standard InChI is InChI=1S/C25H28ClFN4O2/c1-15(16-10-11-19(20(27)12-16)23(32)28-5)24(33)30(6)22-14-21(25(2,3)4)29-31(22)18-9-7-8-17(26)13-18/h7-15H,1-6H3,(H,28,32). The molecule has 2 aromatic carbocycles. The Hall–Kier alpha value is -3.19. The Morgan fingerprint density at radius 3 is 2.42 bits per heavy atom. The Morgan fingerprint density at radius 1 is 1.15 bits per heavy atom. The van der Waals surface area contributed by atoms with Gasteiger partial charge in [0.2, 0.25) is 5.91 Å². The molecule has 0 aliphatic carbocycles. The Morgan fingerprint density at radius 2 is 1.85 bits per heavy atom. The molecule has 174 valence electrons. The zero-order valence-electron chi connectivity index (χ0n) is 19.6. The molecule has 3 rings (SSSR count). The zero-order valence-corrected chi connectivity index (χ0v) is 20.4. The van der Waals surface area contributed by atoms with Gasteiger partial charge in [-0.25, -0.2) is 9.07 Å². The topological polar surface area (TPSA) is 67.2 Å². The van der Waals surface area contributed by atoms with E-state index in [1.807, 2.05) is 39.0 Å². The molecule has 3 aromatic rings. The third-order valence-electron chi connectivity index (χ3n) is 5.52. The lowest BCUT2D eigenvalue weighted by molar-refractivity contribution is -0.119. The Labute approximate surface area is 198 Å². The highest BCUT2D eigenvalue weighted by molar-refractivity contribution is 6.30. The predicted molar refractivity (Wildman–Crippen MR) is 129 cm³/mol. The quantitative estimate of drug-likeness (QED) is 0.564. The van der Waals surface area contributed by atoms with Crippen LogP contribution >= 0.6 is 11.6 Å². The Balaban J connectivity index is 1.99. The van der Waals surface area contributed by atoms with Crippen molar-refractivity contribution >= 4 is 29.2 Å². The highest BCUT2D eigenvalue weighted by Gasteiger charge is 2.28. The van der Waals surface area contributed by atoms with E-state index < -0.39 is 17.6 Å². The molecule has 1 atom stereocenters. The minimum absolute atomic E-state index is 0.0666. The van der Waals surface area contributed by atoms with Gasteiger partial charge in [0.05, 0.1) is 22.9 Å². The zero-order chi connectivity index (χ0) is 24.5. The van der Waals surface area contributed by atoms with E-state index in [9.17, 15) is 14.0 Å². The fraction of sp³-hybridized carbons (Fsp3) is 0.320. The van der Waals surface area contributed by atoms with Crippen molar-refractivity contribution in [1.82, 2.24) is 15.1 Å². The van der Waals surface area contributed by atoms with Gasteiger partial charge in [-0.3, -0.25) is 14.5 Å².